The van der Waals surface area contributed by atoms with Gasteiger partial charge in [-0.2, -0.15) is 0 Å². The number of halogens is 3. The number of thioether (sulfide) groups is 1. The van der Waals surface area contributed by atoms with Gasteiger partial charge in [0.05, 0.1) is 22.0 Å². The van der Waals surface area contributed by atoms with Crippen molar-refractivity contribution in [2.24, 2.45) is 0 Å². The maximum Gasteiger partial charge on any atom is 0.257 e. The molecule has 1 N–H and O–H groups in total. The second kappa shape index (κ2) is 8.45. The van der Waals surface area contributed by atoms with E-state index in [4.69, 9.17) is 11.6 Å². The monoisotopic (exact) mass is 444 g/mol. The van der Waals surface area contributed by atoms with Crippen LogP contribution in [0.3, 0.4) is 0 Å². The van der Waals surface area contributed by atoms with Gasteiger partial charge in [-0.05, 0) is 30.3 Å². The minimum absolute atomic E-state index is 0.0105. The molecule has 30 heavy (non-hydrogen) atoms. The van der Waals surface area contributed by atoms with Gasteiger partial charge in [-0.3, -0.25) is 14.5 Å². The van der Waals surface area contributed by atoms with E-state index in [1.165, 1.54) is 22.7 Å². The number of nitrogens with zero attached hydrogens (tertiary/aromatic N) is 1. The number of hydrogen-bond acceptors (Lipinski definition) is 3. The van der Waals surface area contributed by atoms with E-state index in [0.29, 0.717) is 21.8 Å². The number of benzene rings is 3. The number of para-hydroxylation sites is 1. The van der Waals surface area contributed by atoms with Crippen molar-refractivity contribution in [1.29, 1.82) is 0 Å². The molecule has 0 radical (unpaired) electrons. The highest BCUT2D eigenvalue weighted by Crippen LogP contribution is 2.45. The number of anilines is 2. The molecule has 3 aromatic rings. The molecular formula is C22H15ClF2N2O2S. The SMILES string of the molecule is O=C(Nc1ccccc1C1SCC(=O)N1c1ccc(F)cc1F)c1ccccc1Cl. The average molecular weight is 445 g/mol. The van der Waals surface area contributed by atoms with Gasteiger partial charge in [0, 0.05) is 17.3 Å². The third kappa shape index (κ3) is 3.91. The van der Waals surface area contributed by atoms with E-state index in [9.17, 15) is 18.4 Å². The third-order valence-corrected chi connectivity index (χ3v) is 6.15. The van der Waals surface area contributed by atoms with Crippen molar-refractivity contribution < 1.29 is 18.4 Å². The molecule has 0 aromatic heterocycles. The Balaban J connectivity index is 1.69. The maximum atomic E-state index is 14.4. The summed E-state index contributed by atoms with van der Waals surface area (Å²) < 4.78 is 27.8. The zero-order valence-electron chi connectivity index (χ0n) is 15.4. The molecule has 1 saturated heterocycles. The van der Waals surface area contributed by atoms with E-state index in [1.54, 1.807) is 48.5 Å². The molecule has 152 valence electrons. The molecule has 1 heterocycles. The van der Waals surface area contributed by atoms with Crippen molar-refractivity contribution in [2.75, 3.05) is 16.0 Å². The Labute approximate surface area is 180 Å². The number of amides is 2. The van der Waals surface area contributed by atoms with Crippen LogP contribution in [0.4, 0.5) is 20.2 Å². The van der Waals surface area contributed by atoms with Crippen molar-refractivity contribution in [3.8, 4) is 0 Å². The van der Waals surface area contributed by atoms with Crippen LogP contribution in [0.5, 0.6) is 0 Å². The fourth-order valence-electron chi connectivity index (χ4n) is 3.25. The molecule has 1 aliphatic heterocycles. The zero-order valence-corrected chi connectivity index (χ0v) is 17.0. The fraction of sp³-hybridized carbons (Fsp3) is 0.0909. The minimum Gasteiger partial charge on any atom is -0.322 e. The molecule has 0 saturated carbocycles. The summed E-state index contributed by atoms with van der Waals surface area (Å²) in [6.07, 6.45) is 0. The second-order valence-electron chi connectivity index (χ2n) is 6.54. The first-order chi connectivity index (χ1) is 14.5. The van der Waals surface area contributed by atoms with Crippen molar-refractivity contribution in [3.63, 3.8) is 0 Å². The van der Waals surface area contributed by atoms with Crippen LogP contribution in [0.25, 0.3) is 0 Å². The summed E-state index contributed by atoms with van der Waals surface area (Å²) in [6, 6.07) is 16.7. The highest BCUT2D eigenvalue weighted by Gasteiger charge is 2.37. The van der Waals surface area contributed by atoms with Crippen LogP contribution < -0.4 is 10.2 Å². The van der Waals surface area contributed by atoms with Gasteiger partial charge in [0.15, 0.2) is 0 Å². The standard InChI is InChI=1S/C22H15ClF2N2O2S/c23-16-7-3-1-5-14(16)21(29)26-18-8-4-2-6-15(18)22-27(20(28)12-30-22)19-10-9-13(24)11-17(19)25/h1-11,22H,12H2,(H,26,29). The van der Waals surface area contributed by atoms with E-state index >= 15 is 0 Å². The maximum absolute atomic E-state index is 14.4. The van der Waals surface area contributed by atoms with Crippen molar-refractivity contribution >= 4 is 46.6 Å². The van der Waals surface area contributed by atoms with Gasteiger partial charge in [-0.25, -0.2) is 8.78 Å². The molecule has 0 bridgehead atoms. The molecule has 1 fully saturated rings. The Morgan fingerprint density at radius 1 is 1.07 bits per heavy atom. The molecule has 4 nitrogen and oxygen atoms in total. The lowest BCUT2D eigenvalue weighted by Crippen LogP contribution is -2.29. The largest absolute Gasteiger partial charge is 0.322 e. The highest BCUT2D eigenvalue weighted by atomic mass is 35.5. The molecule has 2 amide bonds. The lowest BCUT2D eigenvalue weighted by molar-refractivity contribution is -0.115. The van der Waals surface area contributed by atoms with Gasteiger partial charge < -0.3 is 5.32 Å². The number of carbonyl (C=O) groups excluding carboxylic acids is 2. The van der Waals surface area contributed by atoms with Crippen LogP contribution in [0.1, 0.15) is 21.3 Å². The summed E-state index contributed by atoms with van der Waals surface area (Å²) in [7, 11) is 0. The van der Waals surface area contributed by atoms with Crippen LogP contribution in [0, 0.1) is 11.6 Å². The number of nitrogens with one attached hydrogen (secondary N) is 1. The summed E-state index contributed by atoms with van der Waals surface area (Å²) >= 11 is 7.41. The van der Waals surface area contributed by atoms with Gasteiger partial charge in [-0.1, -0.05) is 41.9 Å². The molecule has 3 aromatic carbocycles. The smallest absolute Gasteiger partial charge is 0.257 e. The molecular weight excluding hydrogens is 430 g/mol. The number of hydrogen-bond donors (Lipinski definition) is 1. The fourth-order valence-corrected chi connectivity index (χ4v) is 4.68. The quantitative estimate of drug-likeness (QED) is 0.565. The Kier molecular flexibility index (Phi) is 5.74. The molecule has 8 heteroatoms. The van der Waals surface area contributed by atoms with Crippen molar-refractivity contribution in [1.82, 2.24) is 0 Å². The predicted molar refractivity (Wildman–Crippen MR) is 115 cm³/mol. The Bertz CT molecular complexity index is 1140. The second-order valence-corrected chi connectivity index (χ2v) is 8.02. The molecule has 4 rings (SSSR count). The van der Waals surface area contributed by atoms with Crippen LogP contribution in [0.2, 0.25) is 5.02 Å². The summed E-state index contributed by atoms with van der Waals surface area (Å²) in [5.74, 6) is -2.12. The Morgan fingerprint density at radius 3 is 2.57 bits per heavy atom. The van der Waals surface area contributed by atoms with Crippen LogP contribution >= 0.6 is 23.4 Å². The molecule has 0 aliphatic carbocycles. The molecule has 1 unspecified atom stereocenters. The normalized spacial score (nSPS) is 16.0. The van der Waals surface area contributed by atoms with E-state index in [1.807, 2.05) is 0 Å². The third-order valence-electron chi connectivity index (χ3n) is 4.63. The van der Waals surface area contributed by atoms with Gasteiger partial charge in [0.25, 0.3) is 5.91 Å². The van der Waals surface area contributed by atoms with E-state index < -0.39 is 22.9 Å². The molecule has 1 atom stereocenters. The lowest BCUT2D eigenvalue weighted by atomic mass is 10.1. The minimum atomic E-state index is -0.826. The predicted octanol–water partition coefficient (Wildman–Crippen LogP) is 5.65. The van der Waals surface area contributed by atoms with Crippen LogP contribution in [0.15, 0.2) is 66.7 Å². The van der Waals surface area contributed by atoms with Crippen molar-refractivity contribution in [3.05, 3.63) is 94.5 Å². The van der Waals surface area contributed by atoms with Gasteiger partial charge in [0.2, 0.25) is 5.91 Å². The Morgan fingerprint density at radius 2 is 1.80 bits per heavy atom. The summed E-state index contributed by atoms with van der Waals surface area (Å²) in [4.78, 5) is 26.6. The number of carbonyl (C=O) groups is 2. The number of rotatable bonds is 4. The van der Waals surface area contributed by atoms with Crippen LogP contribution in [-0.2, 0) is 4.79 Å². The zero-order chi connectivity index (χ0) is 21.3. The first kappa shape index (κ1) is 20.4. The van der Waals surface area contributed by atoms with Crippen molar-refractivity contribution in [2.45, 2.75) is 5.37 Å². The van der Waals surface area contributed by atoms with Gasteiger partial charge in [-0.15, -0.1) is 11.8 Å². The van der Waals surface area contributed by atoms with Crippen LogP contribution in [-0.4, -0.2) is 17.6 Å². The van der Waals surface area contributed by atoms with E-state index in [-0.39, 0.29) is 17.3 Å². The van der Waals surface area contributed by atoms with Gasteiger partial charge >= 0.3 is 0 Å². The average Bonchev–Trinajstić information content (AvgIpc) is 3.10. The first-order valence-electron chi connectivity index (χ1n) is 8.99. The topological polar surface area (TPSA) is 49.4 Å². The van der Waals surface area contributed by atoms with E-state index in [2.05, 4.69) is 5.32 Å². The molecule has 1 aliphatic rings. The Hall–Kier alpha value is -2.90. The summed E-state index contributed by atoms with van der Waals surface area (Å²) in [5, 5.41) is 2.56. The van der Waals surface area contributed by atoms with E-state index in [0.717, 1.165) is 12.1 Å². The summed E-state index contributed by atoms with van der Waals surface area (Å²) in [6.45, 7) is 0. The van der Waals surface area contributed by atoms with Gasteiger partial charge in [0.1, 0.15) is 17.0 Å². The highest BCUT2D eigenvalue weighted by molar-refractivity contribution is 8.00. The first-order valence-corrected chi connectivity index (χ1v) is 10.4. The lowest BCUT2D eigenvalue weighted by Gasteiger charge is -2.26. The molecule has 0 spiro atoms. The summed E-state index contributed by atoms with van der Waals surface area (Å²) in [5.41, 5.74) is 1.40.